The van der Waals surface area contributed by atoms with Gasteiger partial charge in [-0.3, -0.25) is 4.79 Å². The smallest absolute Gasteiger partial charge is 0.302 e. The normalized spacial score (nSPS) is 25.1. The van der Waals surface area contributed by atoms with Crippen LogP contribution in [0, 0.1) is 5.92 Å². The molecule has 2 fully saturated rings. The quantitative estimate of drug-likeness (QED) is 0.504. The first-order valence-electron chi connectivity index (χ1n) is 7.82. The molecule has 2 heterocycles. The third-order valence-corrected chi connectivity index (χ3v) is 5.36. The van der Waals surface area contributed by atoms with E-state index >= 15 is 0 Å². The van der Waals surface area contributed by atoms with Crippen LogP contribution in [0.1, 0.15) is 25.7 Å². The van der Waals surface area contributed by atoms with Gasteiger partial charge in [0.15, 0.2) is 0 Å². The fourth-order valence-electron chi connectivity index (χ4n) is 3.44. The molecule has 2 aliphatic rings. The predicted octanol–water partition coefficient (Wildman–Crippen LogP) is 0.635. The summed E-state index contributed by atoms with van der Waals surface area (Å²) < 4.78 is 39.3. The summed E-state index contributed by atoms with van der Waals surface area (Å²) in [5.41, 5.74) is 0. The molecule has 22 heavy (non-hydrogen) atoms. The van der Waals surface area contributed by atoms with Crippen LogP contribution in [-0.2, 0) is 19.8 Å². The van der Waals surface area contributed by atoms with Gasteiger partial charge in [-0.25, -0.2) is 0 Å². The van der Waals surface area contributed by atoms with Crippen LogP contribution in [0.4, 0.5) is 3.89 Å². The summed E-state index contributed by atoms with van der Waals surface area (Å²) in [7, 11) is -2.81. The molecule has 2 saturated heterocycles. The van der Waals surface area contributed by atoms with E-state index in [1.165, 1.54) is 0 Å². The van der Waals surface area contributed by atoms with Crippen molar-refractivity contribution in [2.24, 2.45) is 5.92 Å². The van der Waals surface area contributed by atoms with E-state index in [1.54, 1.807) is 12.0 Å². The van der Waals surface area contributed by atoms with Crippen LogP contribution in [0.3, 0.4) is 0 Å². The van der Waals surface area contributed by atoms with E-state index in [1.807, 2.05) is 0 Å². The Balaban J connectivity index is 1.78. The molecule has 0 aromatic rings. The lowest BCUT2D eigenvalue weighted by Crippen LogP contribution is -2.46. The second kappa shape index (κ2) is 7.70. The SMILES string of the molecule is COCCCN1CCC(N2CC(CS(=O)(=O)F)CC2=O)CC1. The standard InChI is InChI=1S/C14H25FN2O4S/c1-21-8-2-5-16-6-3-13(4-7-16)17-10-12(9-14(17)18)11-22(15,19)20/h12-13H,2-11H2,1H3. The summed E-state index contributed by atoms with van der Waals surface area (Å²) in [6.07, 6.45) is 2.94. The van der Waals surface area contributed by atoms with E-state index in [0.29, 0.717) is 6.54 Å². The molecule has 1 amide bonds. The van der Waals surface area contributed by atoms with Crippen LogP contribution in [0.2, 0.25) is 0 Å². The fraction of sp³-hybridized carbons (Fsp3) is 0.929. The summed E-state index contributed by atoms with van der Waals surface area (Å²) in [6, 6.07) is 0.165. The predicted molar refractivity (Wildman–Crippen MR) is 80.7 cm³/mol. The molecule has 0 aromatic heterocycles. The number of nitrogens with zero attached hydrogens (tertiary/aromatic N) is 2. The van der Waals surface area contributed by atoms with Gasteiger partial charge in [0.2, 0.25) is 5.91 Å². The van der Waals surface area contributed by atoms with Crippen molar-refractivity contribution in [3.63, 3.8) is 0 Å². The molecule has 0 N–H and O–H groups in total. The highest BCUT2D eigenvalue weighted by atomic mass is 32.3. The summed E-state index contributed by atoms with van der Waals surface area (Å²) in [5.74, 6) is -0.973. The van der Waals surface area contributed by atoms with Gasteiger partial charge in [-0.1, -0.05) is 0 Å². The lowest BCUT2D eigenvalue weighted by Gasteiger charge is -2.36. The summed E-state index contributed by atoms with van der Waals surface area (Å²) in [6.45, 7) is 3.99. The van der Waals surface area contributed by atoms with E-state index in [-0.39, 0.29) is 18.4 Å². The number of amides is 1. The molecule has 0 saturated carbocycles. The summed E-state index contributed by atoms with van der Waals surface area (Å²) >= 11 is 0. The zero-order valence-electron chi connectivity index (χ0n) is 13.0. The number of hydrogen-bond donors (Lipinski definition) is 0. The fourth-order valence-corrected chi connectivity index (χ4v) is 4.23. The van der Waals surface area contributed by atoms with Crippen molar-refractivity contribution in [1.82, 2.24) is 9.80 Å². The minimum atomic E-state index is -4.51. The van der Waals surface area contributed by atoms with Gasteiger partial charge in [-0.2, -0.15) is 8.42 Å². The Kier molecular flexibility index (Phi) is 6.17. The van der Waals surface area contributed by atoms with Gasteiger partial charge in [0, 0.05) is 58.3 Å². The molecule has 0 spiro atoms. The lowest BCUT2D eigenvalue weighted by atomic mass is 10.0. The van der Waals surface area contributed by atoms with Gasteiger partial charge in [-0.05, 0) is 19.3 Å². The Hall–Kier alpha value is -0.730. The Morgan fingerprint density at radius 1 is 1.32 bits per heavy atom. The van der Waals surface area contributed by atoms with Crippen molar-refractivity contribution < 1.29 is 21.8 Å². The highest BCUT2D eigenvalue weighted by Crippen LogP contribution is 2.26. The van der Waals surface area contributed by atoms with Gasteiger partial charge in [0.05, 0.1) is 5.75 Å². The van der Waals surface area contributed by atoms with Crippen molar-refractivity contribution in [2.45, 2.75) is 31.7 Å². The minimum absolute atomic E-state index is 0.0357. The van der Waals surface area contributed by atoms with E-state index in [0.717, 1.165) is 45.5 Å². The number of ether oxygens (including phenoxy) is 1. The van der Waals surface area contributed by atoms with Gasteiger partial charge in [0.1, 0.15) is 0 Å². The first-order valence-corrected chi connectivity index (χ1v) is 9.37. The van der Waals surface area contributed by atoms with E-state index in [2.05, 4.69) is 4.90 Å². The minimum Gasteiger partial charge on any atom is -0.385 e. The molecule has 8 heteroatoms. The molecule has 2 rings (SSSR count). The Morgan fingerprint density at radius 2 is 2.00 bits per heavy atom. The molecule has 0 aromatic carbocycles. The topological polar surface area (TPSA) is 66.9 Å². The number of halogens is 1. The lowest BCUT2D eigenvalue weighted by molar-refractivity contribution is -0.130. The Morgan fingerprint density at radius 3 is 2.59 bits per heavy atom. The monoisotopic (exact) mass is 336 g/mol. The molecule has 128 valence electrons. The number of piperidine rings is 1. The van der Waals surface area contributed by atoms with Crippen LogP contribution in [0.25, 0.3) is 0 Å². The Bertz CT molecular complexity index is 477. The van der Waals surface area contributed by atoms with Crippen molar-refractivity contribution in [3.05, 3.63) is 0 Å². The summed E-state index contributed by atoms with van der Waals surface area (Å²) in [4.78, 5) is 16.2. The molecule has 6 nitrogen and oxygen atoms in total. The van der Waals surface area contributed by atoms with Crippen LogP contribution in [-0.4, -0.2) is 75.8 Å². The average molecular weight is 336 g/mol. The molecular formula is C14H25FN2O4S. The molecular weight excluding hydrogens is 311 g/mol. The van der Waals surface area contributed by atoms with Crippen molar-refractivity contribution in [3.8, 4) is 0 Å². The first-order chi connectivity index (χ1) is 10.4. The maximum atomic E-state index is 12.8. The second-order valence-electron chi connectivity index (χ2n) is 6.24. The number of rotatable bonds is 7. The van der Waals surface area contributed by atoms with Crippen molar-refractivity contribution in [2.75, 3.05) is 45.6 Å². The maximum Gasteiger partial charge on any atom is 0.302 e. The molecule has 0 radical (unpaired) electrons. The highest BCUT2D eigenvalue weighted by Gasteiger charge is 2.37. The number of carbonyl (C=O) groups excluding carboxylic acids is 1. The second-order valence-corrected chi connectivity index (χ2v) is 7.65. The maximum absolute atomic E-state index is 12.8. The number of likely N-dealkylation sites (tertiary alicyclic amines) is 2. The highest BCUT2D eigenvalue weighted by molar-refractivity contribution is 7.86. The Labute approximate surface area is 131 Å². The zero-order valence-corrected chi connectivity index (χ0v) is 13.9. The summed E-state index contributed by atoms with van der Waals surface area (Å²) in [5, 5.41) is 0. The molecule has 1 unspecified atom stereocenters. The average Bonchev–Trinajstić information content (AvgIpc) is 2.78. The van der Waals surface area contributed by atoms with E-state index in [4.69, 9.17) is 4.74 Å². The van der Waals surface area contributed by atoms with Crippen LogP contribution >= 0.6 is 0 Å². The third-order valence-electron chi connectivity index (χ3n) is 4.49. The van der Waals surface area contributed by atoms with E-state index in [9.17, 15) is 17.1 Å². The van der Waals surface area contributed by atoms with Crippen molar-refractivity contribution >= 4 is 16.1 Å². The van der Waals surface area contributed by atoms with Gasteiger partial charge in [-0.15, -0.1) is 3.89 Å². The first kappa shape index (κ1) is 17.6. The molecule has 0 bridgehead atoms. The molecule has 2 aliphatic heterocycles. The molecule has 0 aliphatic carbocycles. The van der Waals surface area contributed by atoms with Gasteiger partial charge >= 0.3 is 10.2 Å². The van der Waals surface area contributed by atoms with Gasteiger partial charge in [0.25, 0.3) is 0 Å². The number of methoxy groups -OCH3 is 1. The third kappa shape index (κ3) is 5.17. The van der Waals surface area contributed by atoms with Crippen molar-refractivity contribution in [1.29, 1.82) is 0 Å². The number of hydrogen-bond acceptors (Lipinski definition) is 5. The van der Waals surface area contributed by atoms with Gasteiger partial charge < -0.3 is 14.5 Å². The van der Waals surface area contributed by atoms with Crippen LogP contribution in [0.15, 0.2) is 0 Å². The number of carbonyl (C=O) groups is 1. The van der Waals surface area contributed by atoms with Crippen LogP contribution < -0.4 is 0 Å². The largest absolute Gasteiger partial charge is 0.385 e. The van der Waals surface area contributed by atoms with E-state index < -0.39 is 21.9 Å². The van der Waals surface area contributed by atoms with Crippen LogP contribution in [0.5, 0.6) is 0 Å². The zero-order chi connectivity index (χ0) is 16.2. The molecule has 1 atom stereocenters.